The van der Waals surface area contributed by atoms with Crippen LogP contribution in [0.3, 0.4) is 0 Å². The van der Waals surface area contributed by atoms with Crippen LogP contribution in [0.4, 0.5) is 5.95 Å². The molecule has 14 heteroatoms. The summed E-state index contributed by atoms with van der Waals surface area (Å²) in [6, 6.07) is 5.11. The van der Waals surface area contributed by atoms with Crippen molar-refractivity contribution in [2.75, 3.05) is 30.4 Å². The molecule has 1 aliphatic rings. The van der Waals surface area contributed by atoms with E-state index in [1.807, 2.05) is 6.92 Å². The molecular weight excluding hydrogens is 532 g/mol. The van der Waals surface area contributed by atoms with E-state index in [1.165, 1.54) is 18.8 Å². The molecule has 0 unspecified atom stereocenters. The maximum Gasteiger partial charge on any atom is 0.243 e. The molecule has 0 spiro atoms. The lowest BCUT2D eigenvalue weighted by Gasteiger charge is -2.24. The topological polar surface area (TPSA) is 155 Å². The molecule has 12 nitrogen and oxygen atoms in total. The number of para-hydroxylation sites is 1. The van der Waals surface area contributed by atoms with Gasteiger partial charge in [0.25, 0.3) is 0 Å². The van der Waals surface area contributed by atoms with Crippen molar-refractivity contribution >= 4 is 25.8 Å². The van der Waals surface area contributed by atoms with Crippen LogP contribution < -0.4 is 14.2 Å². The molecule has 1 saturated heterocycles. The van der Waals surface area contributed by atoms with Crippen LogP contribution >= 0.6 is 0 Å². The van der Waals surface area contributed by atoms with E-state index in [1.54, 1.807) is 44.4 Å². The van der Waals surface area contributed by atoms with E-state index in [0.29, 0.717) is 41.7 Å². The number of sulfone groups is 1. The average molecular weight is 565 g/mol. The molecule has 3 aromatic rings. The number of anilines is 1. The Labute approximate surface area is 222 Å². The highest BCUT2D eigenvalue weighted by atomic mass is 32.2. The average Bonchev–Trinajstić information content (AvgIpc) is 3.29. The molecule has 4 rings (SSSR count). The minimum atomic E-state index is -4.03. The van der Waals surface area contributed by atoms with Gasteiger partial charge in [0.2, 0.25) is 16.0 Å². The summed E-state index contributed by atoms with van der Waals surface area (Å²) in [6.45, 7) is 5.15. The Balaban J connectivity index is 1.80. The van der Waals surface area contributed by atoms with Gasteiger partial charge in [-0.1, -0.05) is 13.0 Å². The van der Waals surface area contributed by atoms with Crippen molar-refractivity contribution in [1.29, 1.82) is 0 Å². The summed E-state index contributed by atoms with van der Waals surface area (Å²) in [4.78, 5) is 8.57. The summed E-state index contributed by atoms with van der Waals surface area (Å²) in [5.74, 6) is 0.303. The number of nitrogens with one attached hydrogen (secondary N) is 1. The van der Waals surface area contributed by atoms with Crippen LogP contribution in [0.5, 0.6) is 11.5 Å². The van der Waals surface area contributed by atoms with Crippen LogP contribution in [0.15, 0.2) is 30.6 Å². The van der Waals surface area contributed by atoms with Crippen molar-refractivity contribution in [1.82, 2.24) is 24.7 Å². The monoisotopic (exact) mass is 564 g/mol. The zero-order valence-electron chi connectivity index (χ0n) is 21.9. The number of aryl methyl sites for hydroxylation is 1. The van der Waals surface area contributed by atoms with E-state index >= 15 is 0 Å². The van der Waals surface area contributed by atoms with Crippen molar-refractivity contribution in [3.05, 3.63) is 47.8 Å². The molecule has 3 atom stereocenters. The highest BCUT2D eigenvalue weighted by molar-refractivity contribution is 7.93. The van der Waals surface area contributed by atoms with Crippen molar-refractivity contribution < 1.29 is 26.3 Å². The third kappa shape index (κ3) is 5.60. The Morgan fingerprint density at radius 2 is 1.71 bits per heavy atom. The lowest BCUT2D eigenvalue weighted by Crippen LogP contribution is -2.32. The fourth-order valence-corrected chi connectivity index (χ4v) is 7.40. The Kier molecular flexibility index (Phi) is 7.93. The van der Waals surface area contributed by atoms with E-state index < -0.39 is 36.9 Å². The van der Waals surface area contributed by atoms with E-state index in [9.17, 15) is 16.8 Å². The van der Waals surface area contributed by atoms with E-state index in [0.717, 1.165) is 5.56 Å². The number of methoxy groups -OCH3 is 2. The third-order valence-electron chi connectivity index (χ3n) is 6.78. The largest absolute Gasteiger partial charge is 0.494 e. The molecular formula is C24H32N6O6S2. The summed E-state index contributed by atoms with van der Waals surface area (Å²) in [7, 11) is -4.38. The molecule has 0 amide bonds. The van der Waals surface area contributed by atoms with Gasteiger partial charge >= 0.3 is 0 Å². The molecule has 1 aliphatic heterocycles. The first-order valence-corrected chi connectivity index (χ1v) is 15.5. The molecule has 2 aromatic heterocycles. The lowest BCUT2D eigenvalue weighted by atomic mass is 10.0. The van der Waals surface area contributed by atoms with Gasteiger partial charge in [-0.05, 0) is 44.4 Å². The first kappa shape index (κ1) is 27.8. The fraction of sp³-hybridized carbons (Fsp3) is 0.500. The van der Waals surface area contributed by atoms with Gasteiger partial charge in [-0.2, -0.15) is 0 Å². The van der Waals surface area contributed by atoms with Gasteiger partial charge in [-0.15, -0.1) is 10.2 Å². The SMILES string of the molecule is COc1cccc(OC)c1-n1c(NS(=O)(=O)[C@@H](C)[C@H](C)c2ncc(C)cn2)nnc1[C@@H]1CCCS(=O)(=O)C1. The number of hydrogen-bond donors (Lipinski definition) is 1. The smallest absolute Gasteiger partial charge is 0.243 e. The number of hydrogen-bond acceptors (Lipinski definition) is 10. The van der Waals surface area contributed by atoms with Crippen LogP contribution in [0.2, 0.25) is 0 Å². The minimum Gasteiger partial charge on any atom is -0.494 e. The highest BCUT2D eigenvalue weighted by Gasteiger charge is 2.35. The standard InChI is InChI=1S/C24H32N6O6S2/c1-15-12-25-22(26-13-15)16(2)17(3)38(33,34)29-24-28-27-23(18-8-7-11-37(31,32)14-18)30(24)21-19(35-4)9-6-10-20(21)36-5/h6,9-10,12-13,16-18H,7-8,11,14H2,1-5H3,(H,28,29)/t16-,17-,18+/m0/s1. The number of sulfonamides is 1. The van der Waals surface area contributed by atoms with Crippen molar-refractivity contribution in [3.63, 3.8) is 0 Å². The second-order valence-corrected chi connectivity index (χ2v) is 13.7. The predicted molar refractivity (Wildman–Crippen MR) is 142 cm³/mol. The van der Waals surface area contributed by atoms with Gasteiger partial charge in [0, 0.05) is 24.2 Å². The second-order valence-electron chi connectivity index (χ2n) is 9.44. The maximum atomic E-state index is 13.6. The van der Waals surface area contributed by atoms with E-state index in [-0.39, 0.29) is 17.5 Å². The van der Waals surface area contributed by atoms with Gasteiger partial charge in [0.1, 0.15) is 28.8 Å². The molecule has 1 N–H and O–H groups in total. The van der Waals surface area contributed by atoms with Crippen molar-refractivity contribution in [2.45, 2.75) is 50.7 Å². The van der Waals surface area contributed by atoms with E-state index in [4.69, 9.17) is 9.47 Å². The van der Waals surface area contributed by atoms with Crippen molar-refractivity contribution in [2.24, 2.45) is 0 Å². The molecule has 1 fully saturated rings. The Hall–Kier alpha value is -3.26. The Morgan fingerprint density at radius 1 is 1.08 bits per heavy atom. The normalized spacial score (nSPS) is 18.9. The maximum absolute atomic E-state index is 13.6. The first-order valence-electron chi connectivity index (χ1n) is 12.1. The number of benzene rings is 1. The number of rotatable bonds is 9. The summed E-state index contributed by atoms with van der Waals surface area (Å²) in [6.07, 6.45) is 4.30. The highest BCUT2D eigenvalue weighted by Crippen LogP contribution is 2.39. The van der Waals surface area contributed by atoms with Gasteiger partial charge in [0.05, 0.1) is 31.0 Å². The molecule has 206 valence electrons. The number of aromatic nitrogens is 5. The summed E-state index contributed by atoms with van der Waals surface area (Å²) < 4.78 is 67.2. The molecule has 1 aromatic carbocycles. The zero-order chi connectivity index (χ0) is 27.7. The van der Waals surface area contributed by atoms with Crippen molar-refractivity contribution in [3.8, 4) is 17.2 Å². The van der Waals surface area contributed by atoms with Crippen LogP contribution in [0.25, 0.3) is 5.69 Å². The third-order valence-corrected chi connectivity index (χ3v) is 10.5. The van der Waals surface area contributed by atoms with Crippen LogP contribution in [-0.2, 0) is 19.9 Å². The molecule has 0 bridgehead atoms. The summed E-state index contributed by atoms with van der Waals surface area (Å²) in [5.41, 5.74) is 1.23. The molecule has 3 heterocycles. The summed E-state index contributed by atoms with van der Waals surface area (Å²) in [5, 5.41) is 7.50. The predicted octanol–water partition coefficient (Wildman–Crippen LogP) is 2.61. The van der Waals surface area contributed by atoms with Gasteiger partial charge in [-0.3, -0.25) is 9.29 Å². The molecule has 0 saturated carbocycles. The second kappa shape index (κ2) is 10.8. The molecule has 0 radical (unpaired) electrons. The van der Waals surface area contributed by atoms with Gasteiger partial charge in [-0.25, -0.2) is 26.8 Å². The summed E-state index contributed by atoms with van der Waals surface area (Å²) >= 11 is 0. The van der Waals surface area contributed by atoms with Gasteiger partial charge in [0.15, 0.2) is 9.84 Å². The molecule has 0 aliphatic carbocycles. The zero-order valence-corrected chi connectivity index (χ0v) is 23.6. The van der Waals surface area contributed by atoms with E-state index in [2.05, 4.69) is 24.9 Å². The quantitative estimate of drug-likeness (QED) is 0.410. The van der Waals surface area contributed by atoms with Crippen LogP contribution in [0, 0.1) is 6.92 Å². The fourth-order valence-electron chi connectivity index (χ4n) is 4.46. The Morgan fingerprint density at radius 3 is 2.29 bits per heavy atom. The van der Waals surface area contributed by atoms with Crippen LogP contribution in [0.1, 0.15) is 55.7 Å². The van der Waals surface area contributed by atoms with Crippen LogP contribution in [-0.4, -0.2) is 72.5 Å². The molecule has 38 heavy (non-hydrogen) atoms. The minimum absolute atomic E-state index is 0.102. The lowest BCUT2D eigenvalue weighted by molar-refractivity contribution is 0.390. The Bertz CT molecular complexity index is 1480. The number of ether oxygens (including phenoxy) is 2. The first-order chi connectivity index (χ1) is 18.0. The van der Waals surface area contributed by atoms with Gasteiger partial charge < -0.3 is 9.47 Å². The number of nitrogens with zero attached hydrogens (tertiary/aromatic N) is 5.